The summed E-state index contributed by atoms with van der Waals surface area (Å²) in [5, 5.41) is 0. The third-order valence-corrected chi connectivity index (χ3v) is 17.2. The number of carbonyl (C=O) groups excluding carboxylic acids is 2. The molecule has 87 heavy (non-hydrogen) atoms. The van der Waals surface area contributed by atoms with Gasteiger partial charge in [-0.1, -0.05) is 343 Å². The van der Waals surface area contributed by atoms with Crippen LogP contribution < -0.4 is 5.73 Å². The predicted octanol–water partition coefficient (Wildman–Crippen LogP) is 24.5. The van der Waals surface area contributed by atoms with E-state index in [1.54, 1.807) is 0 Å². The van der Waals surface area contributed by atoms with Crippen molar-refractivity contribution in [3.05, 3.63) is 85.1 Å². The van der Waals surface area contributed by atoms with Gasteiger partial charge in [0.25, 0.3) is 0 Å². The third kappa shape index (κ3) is 72.1. The lowest BCUT2D eigenvalue weighted by Gasteiger charge is -2.19. The van der Waals surface area contributed by atoms with Crippen LogP contribution in [0.5, 0.6) is 0 Å². The minimum absolute atomic E-state index is 0.0531. The van der Waals surface area contributed by atoms with Crippen molar-refractivity contribution in [1.29, 1.82) is 0 Å². The van der Waals surface area contributed by atoms with E-state index in [2.05, 4.69) is 98.9 Å². The second-order valence-corrected chi connectivity index (χ2v) is 26.2. The van der Waals surface area contributed by atoms with Crippen LogP contribution in [0.3, 0.4) is 0 Å². The molecule has 0 saturated heterocycles. The zero-order valence-electron chi connectivity index (χ0n) is 57.0. The lowest BCUT2D eigenvalue weighted by molar-refractivity contribution is -0.161. The Morgan fingerprint density at radius 2 is 0.632 bits per heavy atom. The van der Waals surface area contributed by atoms with Crippen molar-refractivity contribution in [2.45, 2.75) is 367 Å². The Morgan fingerprint density at radius 3 is 0.943 bits per heavy atom. The van der Waals surface area contributed by atoms with E-state index in [9.17, 15) is 19.0 Å². The normalized spacial score (nSPS) is 13.4. The number of allylic oxidation sites excluding steroid dienone is 14. The number of ether oxygens (including phenoxy) is 2. The fourth-order valence-electron chi connectivity index (χ4n) is 10.8. The van der Waals surface area contributed by atoms with E-state index in [0.29, 0.717) is 6.42 Å². The van der Waals surface area contributed by atoms with E-state index in [-0.39, 0.29) is 38.6 Å². The minimum atomic E-state index is -4.40. The Morgan fingerprint density at radius 1 is 0.356 bits per heavy atom. The molecule has 0 aliphatic heterocycles. The van der Waals surface area contributed by atoms with Crippen molar-refractivity contribution in [2.75, 3.05) is 26.4 Å². The van der Waals surface area contributed by atoms with Crippen molar-refractivity contribution in [3.8, 4) is 0 Å². The molecule has 0 aromatic heterocycles. The predicted molar refractivity (Wildman–Crippen MR) is 376 cm³/mol. The maximum Gasteiger partial charge on any atom is 0.472 e. The lowest BCUT2D eigenvalue weighted by Crippen LogP contribution is -2.29. The zero-order chi connectivity index (χ0) is 63.0. The molecular weight excluding hydrogens is 1100 g/mol. The molecule has 0 fully saturated rings. The molecule has 10 heteroatoms. The number of hydrogen-bond donors (Lipinski definition) is 2. The van der Waals surface area contributed by atoms with Crippen molar-refractivity contribution in [1.82, 2.24) is 0 Å². The molecule has 9 nitrogen and oxygen atoms in total. The first-order chi connectivity index (χ1) is 42.8. The Labute approximate surface area is 538 Å². The van der Waals surface area contributed by atoms with Crippen LogP contribution in [0.2, 0.25) is 0 Å². The Kier molecular flexibility index (Phi) is 69.9. The highest BCUT2D eigenvalue weighted by atomic mass is 31.2. The number of rotatable bonds is 70. The molecule has 506 valence electrons. The third-order valence-electron chi connectivity index (χ3n) is 16.3. The molecule has 0 saturated carbocycles. The van der Waals surface area contributed by atoms with Gasteiger partial charge < -0.3 is 20.1 Å². The zero-order valence-corrected chi connectivity index (χ0v) is 57.9. The number of unbranched alkanes of at least 4 members (excludes halogenated alkanes) is 43. The van der Waals surface area contributed by atoms with Crippen LogP contribution >= 0.6 is 7.82 Å². The number of esters is 2. The molecule has 0 radical (unpaired) electrons. The van der Waals surface area contributed by atoms with Crippen molar-refractivity contribution in [3.63, 3.8) is 0 Å². The van der Waals surface area contributed by atoms with Crippen LogP contribution in [0.4, 0.5) is 0 Å². The van der Waals surface area contributed by atoms with Gasteiger partial charge in [0.2, 0.25) is 0 Å². The molecule has 0 amide bonds. The first-order valence-electron chi connectivity index (χ1n) is 37.1. The average Bonchev–Trinajstić information content (AvgIpc) is 3.63. The van der Waals surface area contributed by atoms with Gasteiger partial charge in [-0.05, 0) is 89.9 Å². The summed E-state index contributed by atoms with van der Waals surface area (Å²) in [5.41, 5.74) is 5.41. The largest absolute Gasteiger partial charge is 0.472 e. The summed E-state index contributed by atoms with van der Waals surface area (Å²) < 4.78 is 33.2. The topological polar surface area (TPSA) is 134 Å². The van der Waals surface area contributed by atoms with Gasteiger partial charge >= 0.3 is 19.8 Å². The van der Waals surface area contributed by atoms with Crippen molar-refractivity contribution >= 4 is 19.8 Å². The monoisotopic (exact) mass is 1240 g/mol. The molecule has 0 aromatic carbocycles. The Hall–Kier alpha value is -2.81. The fraction of sp³-hybridized carbons (Fsp3) is 0.792. The van der Waals surface area contributed by atoms with Gasteiger partial charge in [0.05, 0.1) is 13.2 Å². The van der Waals surface area contributed by atoms with E-state index >= 15 is 0 Å². The Balaban J connectivity index is 3.80. The van der Waals surface area contributed by atoms with E-state index in [0.717, 1.165) is 77.0 Å². The highest BCUT2D eigenvalue weighted by Gasteiger charge is 2.26. The van der Waals surface area contributed by atoms with E-state index < -0.39 is 26.5 Å². The van der Waals surface area contributed by atoms with Gasteiger partial charge in [-0.3, -0.25) is 18.6 Å². The minimum Gasteiger partial charge on any atom is -0.462 e. The van der Waals surface area contributed by atoms with E-state index in [4.69, 9.17) is 24.3 Å². The van der Waals surface area contributed by atoms with Crippen LogP contribution in [0.1, 0.15) is 361 Å². The van der Waals surface area contributed by atoms with Crippen molar-refractivity contribution < 1.29 is 37.6 Å². The smallest absolute Gasteiger partial charge is 0.462 e. The molecule has 0 bridgehead atoms. The quantitative estimate of drug-likeness (QED) is 0.0264. The molecule has 2 atom stereocenters. The first-order valence-corrected chi connectivity index (χ1v) is 38.6. The summed E-state index contributed by atoms with van der Waals surface area (Å²) in [6.45, 7) is 3.67. The molecule has 3 N–H and O–H groups in total. The number of hydrogen-bond acceptors (Lipinski definition) is 8. The molecule has 0 aliphatic carbocycles. The highest BCUT2D eigenvalue weighted by molar-refractivity contribution is 7.47. The molecule has 0 aliphatic rings. The van der Waals surface area contributed by atoms with Crippen LogP contribution in [0.15, 0.2) is 85.1 Å². The van der Waals surface area contributed by atoms with Crippen LogP contribution in [-0.2, 0) is 32.7 Å². The molecule has 0 heterocycles. The van der Waals surface area contributed by atoms with Gasteiger partial charge in [0.15, 0.2) is 6.10 Å². The maximum absolute atomic E-state index is 12.8. The summed E-state index contributed by atoms with van der Waals surface area (Å²) in [4.78, 5) is 35.4. The summed E-state index contributed by atoms with van der Waals surface area (Å²) in [6, 6.07) is 0. The van der Waals surface area contributed by atoms with Gasteiger partial charge in [0.1, 0.15) is 6.61 Å². The SMILES string of the molecule is CC/C=C\C/C=C\C/C=C\C/C=C\CCCCCCCCCCCCCCCCCCC(=O)OC(COC(=O)CCCCCCCCCCCCCCCCCCCCCCCC/C=C\C/C=C\C/C=C\CCCCCCC)COP(=O)(O)OCCN. The standard InChI is InChI=1S/C77H140NO8P/c1-3-5-7-9-11-13-15-17-19-21-23-25-27-29-31-33-34-35-36-37-38-39-40-42-43-45-47-49-51-53-55-57-59-61-63-65-67-69-76(79)83-73-75(74-85-87(81,82)84-72-71-78)86-77(80)70-68-66-64-62-60-58-56-54-52-50-48-46-44-41-32-30-28-26-24-22-20-18-16-14-12-10-8-6-4-2/h6,8,12,14-15,17-18,20-21,23-24,26-27,29,75H,3-5,7,9-11,13,16,19,22,25,28,30-74,78H2,1-2H3,(H,81,82)/b8-6-,14-12-,17-15-,20-18-,23-21-,26-24-,29-27-. The number of nitrogens with two attached hydrogens (primary N) is 1. The number of phosphoric acid groups is 1. The molecular formula is C77H140NO8P. The lowest BCUT2D eigenvalue weighted by atomic mass is 10.0. The second-order valence-electron chi connectivity index (χ2n) is 24.8. The number of phosphoric ester groups is 1. The number of carbonyl (C=O) groups is 2. The summed E-state index contributed by atoms with van der Waals surface area (Å²) in [6.07, 6.45) is 97.0. The first kappa shape index (κ1) is 84.2. The highest BCUT2D eigenvalue weighted by Crippen LogP contribution is 2.43. The van der Waals surface area contributed by atoms with Crippen molar-refractivity contribution in [2.24, 2.45) is 5.73 Å². The molecule has 2 unspecified atom stereocenters. The average molecular weight is 1240 g/mol. The van der Waals surface area contributed by atoms with Gasteiger partial charge in [-0.2, -0.15) is 0 Å². The van der Waals surface area contributed by atoms with Gasteiger partial charge in [0, 0.05) is 19.4 Å². The Bertz CT molecular complexity index is 1700. The summed E-state index contributed by atoms with van der Waals surface area (Å²) >= 11 is 0. The van der Waals surface area contributed by atoms with Gasteiger partial charge in [-0.25, -0.2) is 4.57 Å². The van der Waals surface area contributed by atoms with Crippen LogP contribution in [0, 0.1) is 0 Å². The molecule has 0 aromatic rings. The summed E-state index contributed by atoms with van der Waals surface area (Å²) in [7, 11) is -4.40. The van der Waals surface area contributed by atoms with Crippen LogP contribution in [0.25, 0.3) is 0 Å². The van der Waals surface area contributed by atoms with E-state index in [1.165, 1.54) is 250 Å². The molecule has 0 rings (SSSR count). The van der Waals surface area contributed by atoms with Crippen LogP contribution in [-0.4, -0.2) is 49.3 Å². The molecule has 0 spiro atoms. The van der Waals surface area contributed by atoms with E-state index in [1.807, 2.05) is 0 Å². The maximum atomic E-state index is 12.8. The van der Waals surface area contributed by atoms with Gasteiger partial charge in [-0.15, -0.1) is 0 Å². The second kappa shape index (κ2) is 72.3. The summed E-state index contributed by atoms with van der Waals surface area (Å²) in [5.74, 6) is -0.812. The fourth-order valence-corrected chi connectivity index (χ4v) is 11.6.